The minimum Gasteiger partial charge on any atom is -0.332 e. The normalized spacial score (nSPS) is 11.0. The van der Waals surface area contributed by atoms with Crippen molar-refractivity contribution in [1.29, 1.82) is 0 Å². The second-order valence-electron chi connectivity index (χ2n) is 7.68. The summed E-state index contributed by atoms with van der Waals surface area (Å²) in [6, 6.07) is 24.9. The average molecular weight is 389 g/mol. The van der Waals surface area contributed by atoms with E-state index in [1.54, 1.807) is 0 Å². The van der Waals surface area contributed by atoms with E-state index in [4.69, 9.17) is 12.2 Å². The monoisotopic (exact) mass is 388 g/mol. The molecule has 3 rings (SSSR count). The van der Waals surface area contributed by atoms with Crippen LogP contribution in [0.1, 0.15) is 42.3 Å². The van der Waals surface area contributed by atoms with Crippen LogP contribution >= 0.6 is 12.2 Å². The van der Waals surface area contributed by atoms with Crippen molar-refractivity contribution in [2.75, 3.05) is 10.6 Å². The topological polar surface area (TPSA) is 41.1 Å². The van der Waals surface area contributed by atoms with E-state index in [1.165, 1.54) is 5.56 Å². The predicted octanol–water partition coefficient (Wildman–Crippen LogP) is 6.02. The van der Waals surface area contributed by atoms with Gasteiger partial charge in [0.05, 0.1) is 0 Å². The maximum absolute atomic E-state index is 12.9. The van der Waals surface area contributed by atoms with Gasteiger partial charge in [0.15, 0.2) is 10.9 Å². The summed E-state index contributed by atoms with van der Waals surface area (Å²) in [7, 11) is 0. The summed E-state index contributed by atoms with van der Waals surface area (Å²) in [5.74, 6) is -0.00829. The Kier molecular flexibility index (Phi) is 5.90. The van der Waals surface area contributed by atoms with Crippen LogP contribution in [0, 0.1) is 0 Å². The molecule has 3 nitrogen and oxygen atoms in total. The van der Waals surface area contributed by atoms with Gasteiger partial charge in [-0.3, -0.25) is 4.79 Å². The first-order valence-corrected chi connectivity index (χ1v) is 9.62. The smallest absolute Gasteiger partial charge is 0.193 e. The number of thiocarbonyl (C=S) groups is 1. The minimum absolute atomic E-state index is 0.00829. The van der Waals surface area contributed by atoms with E-state index in [-0.39, 0.29) is 11.2 Å². The maximum Gasteiger partial charge on any atom is 0.193 e. The van der Waals surface area contributed by atoms with E-state index in [1.807, 2.05) is 78.9 Å². The molecule has 0 amide bonds. The summed E-state index contributed by atoms with van der Waals surface area (Å²) in [4.78, 5) is 12.9. The SMILES string of the molecule is CC(C)(C)c1ccc(C(=O)c2cccc(NC(=S)Nc3ccccc3)c2)cc1. The Morgan fingerprint density at radius 3 is 2.00 bits per heavy atom. The van der Waals surface area contributed by atoms with E-state index in [0.29, 0.717) is 16.2 Å². The number of anilines is 2. The summed E-state index contributed by atoms with van der Waals surface area (Å²) < 4.78 is 0. The number of benzene rings is 3. The third-order valence-corrected chi connectivity index (χ3v) is 4.63. The van der Waals surface area contributed by atoms with Crippen molar-refractivity contribution in [3.63, 3.8) is 0 Å². The lowest BCUT2D eigenvalue weighted by atomic mass is 9.86. The van der Waals surface area contributed by atoms with Crippen LogP contribution in [-0.2, 0) is 5.41 Å². The number of carbonyl (C=O) groups excluding carboxylic acids is 1. The first-order valence-electron chi connectivity index (χ1n) is 9.21. The standard InChI is InChI=1S/C24H24N2OS/c1-24(2,3)19-14-12-17(13-15-19)22(27)18-8-7-11-21(16-18)26-23(28)25-20-9-5-4-6-10-20/h4-16H,1-3H3,(H2,25,26,28). The summed E-state index contributed by atoms with van der Waals surface area (Å²) in [6.45, 7) is 6.47. The number of ketones is 1. The van der Waals surface area contributed by atoms with Gasteiger partial charge in [-0.2, -0.15) is 0 Å². The van der Waals surface area contributed by atoms with Crippen LogP contribution in [0.25, 0.3) is 0 Å². The van der Waals surface area contributed by atoms with Crippen LogP contribution in [0.15, 0.2) is 78.9 Å². The molecule has 3 aromatic carbocycles. The predicted molar refractivity (Wildman–Crippen MR) is 121 cm³/mol. The van der Waals surface area contributed by atoms with Crippen LogP contribution in [0.3, 0.4) is 0 Å². The fourth-order valence-corrected chi connectivity index (χ4v) is 3.08. The summed E-state index contributed by atoms with van der Waals surface area (Å²) in [5.41, 5.74) is 4.24. The fourth-order valence-electron chi connectivity index (χ4n) is 2.84. The molecule has 0 heterocycles. The van der Waals surface area contributed by atoms with E-state index < -0.39 is 0 Å². The van der Waals surface area contributed by atoms with Crippen molar-refractivity contribution in [3.05, 3.63) is 95.6 Å². The summed E-state index contributed by atoms with van der Waals surface area (Å²) >= 11 is 5.36. The number of carbonyl (C=O) groups is 1. The molecule has 0 spiro atoms. The second-order valence-corrected chi connectivity index (χ2v) is 8.09. The molecular formula is C24H24N2OS. The molecule has 0 fully saturated rings. The van der Waals surface area contributed by atoms with Crippen LogP contribution in [-0.4, -0.2) is 10.9 Å². The summed E-state index contributed by atoms with van der Waals surface area (Å²) in [6.07, 6.45) is 0. The van der Waals surface area contributed by atoms with Crippen LogP contribution in [0.2, 0.25) is 0 Å². The Balaban J connectivity index is 1.72. The fraction of sp³-hybridized carbons (Fsp3) is 0.167. The number of hydrogen-bond acceptors (Lipinski definition) is 2. The van der Waals surface area contributed by atoms with E-state index in [0.717, 1.165) is 11.4 Å². The molecule has 0 unspecified atom stereocenters. The lowest BCUT2D eigenvalue weighted by Crippen LogP contribution is -2.19. The van der Waals surface area contributed by atoms with E-state index in [2.05, 4.69) is 31.4 Å². The molecule has 0 bridgehead atoms. The van der Waals surface area contributed by atoms with Crippen molar-refractivity contribution < 1.29 is 4.79 Å². The van der Waals surface area contributed by atoms with Crippen LogP contribution < -0.4 is 10.6 Å². The van der Waals surface area contributed by atoms with Crippen molar-refractivity contribution in [2.24, 2.45) is 0 Å². The Hall–Kier alpha value is -2.98. The highest BCUT2D eigenvalue weighted by atomic mass is 32.1. The van der Waals surface area contributed by atoms with Gasteiger partial charge in [-0.05, 0) is 47.5 Å². The van der Waals surface area contributed by atoms with E-state index >= 15 is 0 Å². The van der Waals surface area contributed by atoms with Gasteiger partial charge in [0.25, 0.3) is 0 Å². The highest BCUT2D eigenvalue weighted by Crippen LogP contribution is 2.23. The summed E-state index contributed by atoms with van der Waals surface area (Å²) in [5, 5.41) is 6.74. The Morgan fingerprint density at radius 2 is 1.36 bits per heavy atom. The molecule has 2 N–H and O–H groups in total. The van der Waals surface area contributed by atoms with Crippen molar-refractivity contribution >= 4 is 34.5 Å². The maximum atomic E-state index is 12.9. The zero-order chi connectivity index (χ0) is 20.1. The quantitative estimate of drug-likeness (QED) is 0.423. The lowest BCUT2D eigenvalue weighted by Gasteiger charge is -2.19. The number of para-hydroxylation sites is 1. The van der Waals surface area contributed by atoms with Gasteiger partial charge in [0.1, 0.15) is 0 Å². The molecule has 28 heavy (non-hydrogen) atoms. The van der Waals surface area contributed by atoms with Gasteiger partial charge >= 0.3 is 0 Å². The first-order chi connectivity index (χ1) is 13.3. The van der Waals surface area contributed by atoms with Gasteiger partial charge < -0.3 is 10.6 Å². The van der Waals surface area contributed by atoms with Gasteiger partial charge in [0, 0.05) is 22.5 Å². The molecule has 0 saturated carbocycles. The second kappa shape index (κ2) is 8.36. The third kappa shape index (κ3) is 5.05. The molecule has 0 aliphatic rings. The van der Waals surface area contributed by atoms with Crippen LogP contribution in [0.5, 0.6) is 0 Å². The number of hydrogen-bond donors (Lipinski definition) is 2. The Bertz CT molecular complexity index is 973. The van der Waals surface area contributed by atoms with Gasteiger partial charge in [-0.25, -0.2) is 0 Å². The third-order valence-electron chi connectivity index (χ3n) is 4.43. The van der Waals surface area contributed by atoms with Gasteiger partial charge in [-0.15, -0.1) is 0 Å². The minimum atomic E-state index is -0.00829. The van der Waals surface area contributed by atoms with Gasteiger partial charge in [0.2, 0.25) is 0 Å². The number of nitrogens with one attached hydrogen (secondary N) is 2. The Labute approximate surface area is 171 Å². The highest BCUT2D eigenvalue weighted by Gasteiger charge is 2.15. The van der Waals surface area contributed by atoms with Crippen molar-refractivity contribution in [1.82, 2.24) is 0 Å². The van der Waals surface area contributed by atoms with Gasteiger partial charge in [-0.1, -0.05) is 75.4 Å². The molecule has 142 valence electrons. The molecule has 0 radical (unpaired) electrons. The molecule has 4 heteroatoms. The molecule has 0 atom stereocenters. The molecular weight excluding hydrogens is 364 g/mol. The zero-order valence-corrected chi connectivity index (χ0v) is 17.1. The Morgan fingerprint density at radius 1 is 0.750 bits per heavy atom. The highest BCUT2D eigenvalue weighted by molar-refractivity contribution is 7.80. The van der Waals surface area contributed by atoms with Crippen molar-refractivity contribution in [2.45, 2.75) is 26.2 Å². The molecule has 3 aromatic rings. The zero-order valence-electron chi connectivity index (χ0n) is 16.3. The average Bonchev–Trinajstić information content (AvgIpc) is 2.68. The molecule has 0 saturated heterocycles. The van der Waals surface area contributed by atoms with E-state index in [9.17, 15) is 4.79 Å². The van der Waals surface area contributed by atoms with Crippen molar-refractivity contribution in [3.8, 4) is 0 Å². The molecule has 0 aliphatic carbocycles. The number of rotatable bonds is 4. The molecule has 0 aromatic heterocycles. The largest absolute Gasteiger partial charge is 0.332 e. The molecule has 0 aliphatic heterocycles. The first kappa shape index (κ1) is 19.8. The lowest BCUT2D eigenvalue weighted by molar-refractivity contribution is 0.103. The van der Waals surface area contributed by atoms with Crippen LogP contribution in [0.4, 0.5) is 11.4 Å².